The predicted octanol–water partition coefficient (Wildman–Crippen LogP) is 4.58. The summed E-state index contributed by atoms with van der Waals surface area (Å²) >= 11 is 2.99. The Hall–Kier alpha value is -3.23. The lowest BCUT2D eigenvalue weighted by Crippen LogP contribution is -2.22. The van der Waals surface area contributed by atoms with E-state index in [-0.39, 0.29) is 11.2 Å². The number of thiophene rings is 1. The van der Waals surface area contributed by atoms with E-state index in [1.54, 1.807) is 35.6 Å². The lowest BCUT2D eigenvalue weighted by molar-refractivity contribution is -0.115. The molecule has 4 rings (SSSR count). The molecule has 0 aliphatic heterocycles. The molecule has 8 heteroatoms. The van der Waals surface area contributed by atoms with Crippen LogP contribution in [-0.4, -0.2) is 27.0 Å². The van der Waals surface area contributed by atoms with E-state index < -0.39 is 5.91 Å². The normalized spacial score (nSPS) is 11.9. The maximum atomic E-state index is 12.6. The molecule has 0 saturated heterocycles. The molecule has 0 aliphatic rings. The highest BCUT2D eigenvalue weighted by Gasteiger charge is 2.18. The van der Waals surface area contributed by atoms with E-state index in [0.29, 0.717) is 11.3 Å². The van der Waals surface area contributed by atoms with Crippen LogP contribution in [0.4, 0.5) is 5.69 Å². The molecule has 6 nitrogen and oxygen atoms in total. The van der Waals surface area contributed by atoms with E-state index in [4.69, 9.17) is 5.73 Å². The third-order valence-electron chi connectivity index (χ3n) is 4.45. The number of benzene rings is 2. The van der Waals surface area contributed by atoms with Gasteiger partial charge in [0, 0.05) is 21.5 Å². The molecule has 0 fully saturated rings. The molecule has 0 radical (unpaired) electrons. The maximum absolute atomic E-state index is 12.6. The van der Waals surface area contributed by atoms with Crippen LogP contribution in [0.25, 0.3) is 20.7 Å². The minimum Gasteiger partial charge on any atom is -0.366 e. The molecule has 0 spiro atoms. The van der Waals surface area contributed by atoms with Gasteiger partial charge in [0.05, 0.1) is 5.25 Å². The first-order valence-corrected chi connectivity index (χ1v) is 10.9. The average molecular weight is 435 g/mol. The van der Waals surface area contributed by atoms with Gasteiger partial charge in [-0.2, -0.15) is 0 Å². The van der Waals surface area contributed by atoms with Gasteiger partial charge in [-0.3, -0.25) is 9.59 Å². The van der Waals surface area contributed by atoms with Crippen molar-refractivity contribution in [1.29, 1.82) is 0 Å². The fourth-order valence-corrected chi connectivity index (χ4v) is 4.82. The number of carbonyl (C=O) groups excluding carboxylic acids is 2. The molecule has 0 saturated carbocycles. The van der Waals surface area contributed by atoms with Crippen LogP contribution >= 0.6 is 23.1 Å². The second-order valence-electron chi connectivity index (χ2n) is 6.57. The Balaban J connectivity index is 1.51. The van der Waals surface area contributed by atoms with Crippen molar-refractivity contribution in [3.63, 3.8) is 0 Å². The summed E-state index contributed by atoms with van der Waals surface area (Å²) in [6.07, 6.45) is 1.53. The van der Waals surface area contributed by atoms with Gasteiger partial charge in [-0.05, 0) is 42.8 Å². The third-order valence-corrected chi connectivity index (χ3v) is 6.65. The molecule has 2 amide bonds. The van der Waals surface area contributed by atoms with Crippen molar-refractivity contribution in [2.75, 3.05) is 5.32 Å². The lowest BCUT2D eigenvalue weighted by atomic mass is 10.2. The SMILES string of the molecule is CC(Sc1ncnc2sc(-c3ccccc3)cc12)C(=O)Nc1ccc(C(N)=O)cc1. The molecule has 2 aromatic heterocycles. The van der Waals surface area contributed by atoms with Gasteiger partial charge >= 0.3 is 0 Å². The van der Waals surface area contributed by atoms with Crippen molar-refractivity contribution < 1.29 is 9.59 Å². The van der Waals surface area contributed by atoms with Crippen molar-refractivity contribution >= 4 is 50.8 Å². The second-order valence-corrected chi connectivity index (χ2v) is 8.93. The number of amides is 2. The number of nitrogens with zero attached hydrogens (tertiary/aromatic N) is 2. The van der Waals surface area contributed by atoms with Crippen LogP contribution in [0, 0.1) is 0 Å². The summed E-state index contributed by atoms with van der Waals surface area (Å²) < 4.78 is 0. The van der Waals surface area contributed by atoms with Crippen LogP contribution in [0.1, 0.15) is 17.3 Å². The predicted molar refractivity (Wildman–Crippen MR) is 122 cm³/mol. The first kappa shape index (κ1) is 20.1. The van der Waals surface area contributed by atoms with E-state index in [9.17, 15) is 9.59 Å². The Labute approximate surface area is 181 Å². The number of primary amides is 1. The monoisotopic (exact) mass is 434 g/mol. The number of nitrogens with one attached hydrogen (secondary N) is 1. The number of rotatable bonds is 6. The smallest absolute Gasteiger partial charge is 0.248 e. The van der Waals surface area contributed by atoms with Gasteiger partial charge in [0.1, 0.15) is 16.2 Å². The number of aromatic nitrogens is 2. The van der Waals surface area contributed by atoms with Crippen molar-refractivity contribution in [3.05, 3.63) is 72.6 Å². The fraction of sp³-hybridized carbons (Fsp3) is 0.0909. The fourth-order valence-electron chi connectivity index (χ4n) is 2.86. The van der Waals surface area contributed by atoms with Crippen molar-refractivity contribution in [3.8, 4) is 10.4 Å². The van der Waals surface area contributed by atoms with Crippen LogP contribution in [0.3, 0.4) is 0 Å². The number of nitrogens with two attached hydrogens (primary N) is 1. The lowest BCUT2D eigenvalue weighted by Gasteiger charge is -2.12. The second kappa shape index (κ2) is 8.64. The number of hydrogen-bond donors (Lipinski definition) is 2. The Morgan fingerprint density at radius 3 is 2.50 bits per heavy atom. The van der Waals surface area contributed by atoms with Crippen LogP contribution in [0.2, 0.25) is 0 Å². The molecule has 0 bridgehead atoms. The molecular formula is C22H18N4O2S2. The molecule has 0 aliphatic carbocycles. The average Bonchev–Trinajstić information content (AvgIpc) is 3.20. The zero-order valence-corrected chi connectivity index (χ0v) is 17.7. The number of anilines is 1. The highest BCUT2D eigenvalue weighted by Crippen LogP contribution is 2.37. The summed E-state index contributed by atoms with van der Waals surface area (Å²) in [7, 11) is 0. The molecule has 4 aromatic rings. The Morgan fingerprint density at radius 1 is 1.07 bits per heavy atom. The first-order chi connectivity index (χ1) is 14.5. The standard InChI is InChI=1S/C22H18N4O2S2/c1-13(20(28)26-16-9-7-15(8-10-16)19(23)27)29-21-17-11-18(14-5-3-2-4-6-14)30-22(17)25-12-24-21/h2-13H,1H3,(H2,23,27)(H,26,28). The molecule has 1 unspecified atom stereocenters. The highest BCUT2D eigenvalue weighted by atomic mass is 32.2. The highest BCUT2D eigenvalue weighted by molar-refractivity contribution is 8.00. The number of thioether (sulfide) groups is 1. The summed E-state index contributed by atoms with van der Waals surface area (Å²) in [6, 6.07) is 18.7. The summed E-state index contributed by atoms with van der Waals surface area (Å²) in [5.74, 6) is -0.660. The van der Waals surface area contributed by atoms with Crippen LogP contribution in [0.15, 0.2) is 72.0 Å². The maximum Gasteiger partial charge on any atom is 0.248 e. The first-order valence-electron chi connectivity index (χ1n) is 9.18. The van der Waals surface area contributed by atoms with E-state index in [2.05, 4.69) is 33.5 Å². The summed E-state index contributed by atoms with van der Waals surface area (Å²) in [6.45, 7) is 1.83. The minimum atomic E-state index is -0.504. The van der Waals surface area contributed by atoms with Crippen LogP contribution in [-0.2, 0) is 4.79 Å². The number of hydrogen-bond acceptors (Lipinski definition) is 6. The van der Waals surface area contributed by atoms with Gasteiger partial charge in [-0.15, -0.1) is 11.3 Å². The van der Waals surface area contributed by atoms with E-state index in [1.165, 1.54) is 18.1 Å². The Bertz CT molecular complexity index is 1210. The number of carbonyl (C=O) groups is 2. The molecule has 150 valence electrons. The summed E-state index contributed by atoms with van der Waals surface area (Å²) in [5.41, 5.74) is 7.37. The van der Waals surface area contributed by atoms with Gasteiger partial charge in [0.2, 0.25) is 11.8 Å². The zero-order chi connectivity index (χ0) is 21.1. The van der Waals surface area contributed by atoms with E-state index in [1.807, 2.05) is 25.1 Å². The number of fused-ring (bicyclic) bond motifs is 1. The van der Waals surface area contributed by atoms with Gasteiger partial charge in [-0.25, -0.2) is 9.97 Å². The molecule has 2 aromatic carbocycles. The quantitative estimate of drug-likeness (QED) is 0.342. The molecule has 3 N–H and O–H groups in total. The minimum absolute atomic E-state index is 0.155. The van der Waals surface area contributed by atoms with Gasteiger partial charge in [0.15, 0.2) is 0 Å². The van der Waals surface area contributed by atoms with E-state index in [0.717, 1.165) is 25.7 Å². The van der Waals surface area contributed by atoms with Crippen LogP contribution < -0.4 is 11.1 Å². The largest absolute Gasteiger partial charge is 0.366 e. The van der Waals surface area contributed by atoms with Gasteiger partial charge in [-0.1, -0.05) is 42.1 Å². The van der Waals surface area contributed by atoms with Gasteiger partial charge in [0.25, 0.3) is 0 Å². The van der Waals surface area contributed by atoms with Crippen LogP contribution in [0.5, 0.6) is 0 Å². The van der Waals surface area contributed by atoms with Crippen molar-refractivity contribution in [1.82, 2.24) is 9.97 Å². The van der Waals surface area contributed by atoms with Gasteiger partial charge < -0.3 is 11.1 Å². The zero-order valence-electron chi connectivity index (χ0n) is 16.0. The van der Waals surface area contributed by atoms with Crippen molar-refractivity contribution in [2.24, 2.45) is 5.73 Å². The molecular weight excluding hydrogens is 416 g/mol. The summed E-state index contributed by atoms with van der Waals surface area (Å²) in [5, 5.41) is 4.19. The molecule has 1 atom stereocenters. The topological polar surface area (TPSA) is 98.0 Å². The Morgan fingerprint density at radius 2 is 1.80 bits per heavy atom. The van der Waals surface area contributed by atoms with Crippen molar-refractivity contribution in [2.45, 2.75) is 17.2 Å². The Kier molecular flexibility index (Phi) is 5.78. The summed E-state index contributed by atoms with van der Waals surface area (Å²) in [4.78, 5) is 34.6. The molecule has 2 heterocycles. The third kappa shape index (κ3) is 4.34. The molecule has 30 heavy (non-hydrogen) atoms. The van der Waals surface area contributed by atoms with E-state index >= 15 is 0 Å².